The lowest BCUT2D eigenvalue weighted by Gasteiger charge is -2.22. The molecule has 1 fully saturated rings. The second-order valence-corrected chi connectivity index (χ2v) is 6.13. The summed E-state index contributed by atoms with van der Waals surface area (Å²) in [5.74, 6) is 0. The van der Waals surface area contributed by atoms with Gasteiger partial charge in [-0.25, -0.2) is 0 Å². The largest absolute Gasteiger partial charge is 0.395 e. The maximum atomic E-state index is 9.35. The highest BCUT2D eigenvalue weighted by Gasteiger charge is 2.42. The Labute approximate surface area is 110 Å². The average Bonchev–Trinajstić information content (AvgIpc) is 3.18. The van der Waals surface area contributed by atoms with Gasteiger partial charge in [0.25, 0.3) is 0 Å². The smallest absolute Gasteiger partial charge is 0.0684 e. The minimum Gasteiger partial charge on any atom is -0.395 e. The fourth-order valence-corrected chi connectivity index (χ4v) is 2.28. The number of hydrogen-bond acceptors (Lipinski definition) is 2. The molecule has 1 aliphatic carbocycles. The maximum absolute atomic E-state index is 9.35. The third-order valence-corrected chi connectivity index (χ3v) is 4.24. The van der Waals surface area contributed by atoms with E-state index < -0.39 is 0 Å². The van der Waals surface area contributed by atoms with E-state index >= 15 is 0 Å². The van der Waals surface area contributed by atoms with Crippen LogP contribution in [0.5, 0.6) is 0 Å². The van der Waals surface area contributed by atoms with Crippen molar-refractivity contribution in [2.24, 2.45) is 0 Å². The van der Waals surface area contributed by atoms with Gasteiger partial charge in [0.05, 0.1) is 12.2 Å². The number of aliphatic hydroxyl groups excluding tert-OH is 1. The Morgan fingerprint density at radius 3 is 2.28 bits per heavy atom. The number of methoxy groups -OCH3 is 1. The van der Waals surface area contributed by atoms with Gasteiger partial charge >= 0.3 is 0 Å². The lowest BCUT2D eigenvalue weighted by atomic mass is 9.85. The molecule has 2 rings (SSSR count). The quantitative estimate of drug-likeness (QED) is 0.838. The van der Waals surface area contributed by atoms with Crippen LogP contribution in [0, 0.1) is 0 Å². The Morgan fingerprint density at radius 1 is 1.22 bits per heavy atom. The van der Waals surface area contributed by atoms with Gasteiger partial charge in [-0.15, -0.1) is 0 Å². The van der Waals surface area contributed by atoms with Crippen molar-refractivity contribution in [3.8, 4) is 0 Å². The molecule has 1 aromatic carbocycles. The van der Waals surface area contributed by atoms with Crippen LogP contribution in [0.3, 0.4) is 0 Å². The van der Waals surface area contributed by atoms with Crippen LogP contribution in [0.1, 0.15) is 44.2 Å². The number of hydrogen-bond donors (Lipinski definition) is 1. The number of benzene rings is 1. The predicted molar refractivity (Wildman–Crippen MR) is 73.8 cm³/mol. The number of aliphatic hydroxyl groups is 1. The Bertz CT molecular complexity index is 388. The Kier molecular flexibility index (Phi) is 3.79. The van der Waals surface area contributed by atoms with E-state index in [-0.39, 0.29) is 17.6 Å². The minimum atomic E-state index is -0.150. The summed E-state index contributed by atoms with van der Waals surface area (Å²) in [4.78, 5) is 0. The average molecular weight is 248 g/mol. The van der Waals surface area contributed by atoms with Gasteiger partial charge in [-0.2, -0.15) is 0 Å². The van der Waals surface area contributed by atoms with E-state index in [1.54, 1.807) is 0 Å². The molecule has 0 atom stereocenters. The molecule has 0 heterocycles. The predicted octanol–water partition coefficient (Wildman–Crippen LogP) is 3.07. The van der Waals surface area contributed by atoms with Crippen LogP contribution in [0.4, 0.5) is 0 Å². The first-order valence-corrected chi connectivity index (χ1v) is 6.77. The zero-order valence-corrected chi connectivity index (χ0v) is 11.7. The Morgan fingerprint density at radius 2 is 1.83 bits per heavy atom. The van der Waals surface area contributed by atoms with E-state index in [0.29, 0.717) is 0 Å². The van der Waals surface area contributed by atoms with Crippen molar-refractivity contribution in [1.82, 2.24) is 0 Å². The summed E-state index contributed by atoms with van der Waals surface area (Å²) < 4.78 is 5.53. The molecule has 0 bridgehead atoms. The molecule has 0 aliphatic heterocycles. The topological polar surface area (TPSA) is 29.5 Å². The SMILES string of the molecule is COC1(CCc2ccc(C(C)(C)CO)cc2)CC1. The second-order valence-electron chi connectivity index (χ2n) is 6.13. The molecule has 0 spiro atoms. The maximum Gasteiger partial charge on any atom is 0.0684 e. The summed E-state index contributed by atoms with van der Waals surface area (Å²) in [7, 11) is 1.82. The lowest BCUT2D eigenvalue weighted by molar-refractivity contribution is 0.0731. The second kappa shape index (κ2) is 5.02. The summed E-state index contributed by atoms with van der Waals surface area (Å²) in [6.07, 6.45) is 4.61. The molecule has 0 unspecified atom stereocenters. The number of ether oxygens (including phenoxy) is 1. The van der Waals surface area contributed by atoms with E-state index in [1.165, 1.54) is 24.0 Å². The molecular weight excluding hydrogens is 224 g/mol. The van der Waals surface area contributed by atoms with E-state index in [4.69, 9.17) is 4.74 Å². The Balaban J connectivity index is 1.96. The number of rotatable bonds is 6. The highest BCUT2D eigenvalue weighted by Crippen LogP contribution is 2.42. The molecule has 1 aromatic rings. The van der Waals surface area contributed by atoms with E-state index in [1.807, 2.05) is 7.11 Å². The van der Waals surface area contributed by atoms with Crippen molar-refractivity contribution in [2.75, 3.05) is 13.7 Å². The molecule has 2 heteroatoms. The van der Waals surface area contributed by atoms with Crippen molar-refractivity contribution in [2.45, 2.75) is 50.5 Å². The molecule has 1 N–H and O–H groups in total. The van der Waals surface area contributed by atoms with Crippen LogP contribution in [-0.2, 0) is 16.6 Å². The summed E-state index contributed by atoms with van der Waals surface area (Å²) in [5.41, 5.74) is 2.59. The van der Waals surface area contributed by atoms with E-state index in [2.05, 4.69) is 38.1 Å². The minimum absolute atomic E-state index is 0.150. The number of aryl methyl sites for hydroxylation is 1. The van der Waals surface area contributed by atoms with Crippen molar-refractivity contribution >= 4 is 0 Å². The van der Waals surface area contributed by atoms with Gasteiger partial charge in [-0.05, 0) is 36.8 Å². The molecule has 1 aliphatic rings. The molecule has 0 saturated heterocycles. The van der Waals surface area contributed by atoms with Gasteiger partial charge in [-0.1, -0.05) is 38.1 Å². The summed E-state index contributed by atoms with van der Waals surface area (Å²) in [6, 6.07) is 8.63. The monoisotopic (exact) mass is 248 g/mol. The first-order valence-electron chi connectivity index (χ1n) is 6.77. The van der Waals surface area contributed by atoms with Crippen molar-refractivity contribution < 1.29 is 9.84 Å². The van der Waals surface area contributed by atoms with Crippen molar-refractivity contribution in [3.05, 3.63) is 35.4 Å². The summed E-state index contributed by atoms with van der Waals surface area (Å²) >= 11 is 0. The zero-order valence-electron chi connectivity index (χ0n) is 11.7. The fourth-order valence-electron chi connectivity index (χ4n) is 2.28. The van der Waals surface area contributed by atoms with Crippen LogP contribution in [0.2, 0.25) is 0 Å². The first-order chi connectivity index (χ1) is 8.51. The molecular formula is C16H24O2. The normalized spacial score (nSPS) is 17.8. The molecule has 0 aromatic heterocycles. The molecule has 0 amide bonds. The lowest BCUT2D eigenvalue weighted by Crippen LogP contribution is -2.21. The third kappa shape index (κ3) is 2.93. The van der Waals surface area contributed by atoms with Gasteiger partial charge in [0.2, 0.25) is 0 Å². The van der Waals surface area contributed by atoms with Gasteiger partial charge in [0.1, 0.15) is 0 Å². The van der Waals surface area contributed by atoms with Gasteiger partial charge in [0.15, 0.2) is 0 Å². The van der Waals surface area contributed by atoms with Crippen LogP contribution in [0.25, 0.3) is 0 Å². The van der Waals surface area contributed by atoms with Gasteiger partial charge in [0, 0.05) is 12.5 Å². The zero-order chi connectivity index (χ0) is 13.2. The van der Waals surface area contributed by atoms with Crippen molar-refractivity contribution in [3.63, 3.8) is 0 Å². The standard InChI is InChI=1S/C16H24O2/c1-15(2,12-17)14-6-4-13(5-7-14)8-9-16(18-3)10-11-16/h4-7,17H,8-12H2,1-3H3. The molecule has 100 valence electrons. The highest BCUT2D eigenvalue weighted by molar-refractivity contribution is 5.28. The molecule has 18 heavy (non-hydrogen) atoms. The third-order valence-electron chi connectivity index (χ3n) is 4.24. The van der Waals surface area contributed by atoms with Gasteiger partial charge < -0.3 is 9.84 Å². The molecule has 0 radical (unpaired) electrons. The first kappa shape index (κ1) is 13.6. The van der Waals surface area contributed by atoms with Gasteiger partial charge in [-0.3, -0.25) is 0 Å². The molecule has 1 saturated carbocycles. The summed E-state index contributed by atoms with van der Waals surface area (Å²) in [5, 5.41) is 9.35. The summed E-state index contributed by atoms with van der Waals surface area (Å²) in [6.45, 7) is 4.30. The van der Waals surface area contributed by atoms with Crippen LogP contribution in [-0.4, -0.2) is 24.4 Å². The molecule has 2 nitrogen and oxygen atoms in total. The van der Waals surface area contributed by atoms with E-state index in [0.717, 1.165) is 12.8 Å². The van der Waals surface area contributed by atoms with Crippen LogP contribution < -0.4 is 0 Å². The van der Waals surface area contributed by atoms with Crippen molar-refractivity contribution in [1.29, 1.82) is 0 Å². The van der Waals surface area contributed by atoms with Crippen LogP contribution in [0.15, 0.2) is 24.3 Å². The Hall–Kier alpha value is -0.860. The van der Waals surface area contributed by atoms with E-state index in [9.17, 15) is 5.11 Å². The fraction of sp³-hybridized carbons (Fsp3) is 0.625. The highest BCUT2D eigenvalue weighted by atomic mass is 16.5. The van der Waals surface area contributed by atoms with Crippen LogP contribution >= 0.6 is 0 Å².